The highest BCUT2D eigenvalue weighted by atomic mass is 16.5. The molecule has 0 amide bonds. The number of nitrogens with one attached hydrogen (secondary N) is 1. The summed E-state index contributed by atoms with van der Waals surface area (Å²) in [6.07, 6.45) is -0.250. The minimum absolute atomic E-state index is 0.133. The first-order valence-electron chi connectivity index (χ1n) is 5.37. The highest BCUT2D eigenvalue weighted by molar-refractivity contribution is 5.24. The maximum atomic E-state index is 9.22. The van der Waals surface area contributed by atoms with Crippen molar-refractivity contribution in [1.29, 1.82) is 0 Å². The lowest BCUT2D eigenvalue weighted by Gasteiger charge is -2.23. The van der Waals surface area contributed by atoms with Crippen LogP contribution < -0.4 is 5.32 Å². The SMILES string of the molecule is Cc1ccc(C2NC(CO)(CO)CO2)cc1. The molecule has 1 atom stereocenters. The maximum absolute atomic E-state index is 9.22. The van der Waals surface area contributed by atoms with Crippen molar-refractivity contribution in [3.63, 3.8) is 0 Å². The summed E-state index contributed by atoms with van der Waals surface area (Å²) in [5.74, 6) is 0. The van der Waals surface area contributed by atoms with Crippen LogP contribution in [0.1, 0.15) is 17.4 Å². The number of rotatable bonds is 3. The van der Waals surface area contributed by atoms with Crippen LogP contribution in [0.5, 0.6) is 0 Å². The third-order valence-corrected chi connectivity index (χ3v) is 2.95. The van der Waals surface area contributed by atoms with Crippen molar-refractivity contribution < 1.29 is 14.9 Å². The number of hydrogen-bond acceptors (Lipinski definition) is 4. The summed E-state index contributed by atoms with van der Waals surface area (Å²) in [6, 6.07) is 7.99. The van der Waals surface area contributed by atoms with Crippen LogP contribution in [0.15, 0.2) is 24.3 Å². The van der Waals surface area contributed by atoms with E-state index >= 15 is 0 Å². The van der Waals surface area contributed by atoms with Gasteiger partial charge in [0.25, 0.3) is 0 Å². The highest BCUT2D eigenvalue weighted by Gasteiger charge is 2.39. The van der Waals surface area contributed by atoms with E-state index in [-0.39, 0.29) is 19.4 Å². The van der Waals surface area contributed by atoms with Crippen molar-refractivity contribution in [1.82, 2.24) is 5.32 Å². The van der Waals surface area contributed by atoms with E-state index in [0.29, 0.717) is 6.61 Å². The first-order chi connectivity index (χ1) is 7.69. The molecule has 1 fully saturated rings. The van der Waals surface area contributed by atoms with Gasteiger partial charge in [0, 0.05) is 0 Å². The zero-order valence-corrected chi connectivity index (χ0v) is 9.31. The Hall–Kier alpha value is -0.940. The van der Waals surface area contributed by atoms with Gasteiger partial charge >= 0.3 is 0 Å². The van der Waals surface area contributed by atoms with Gasteiger partial charge in [0.2, 0.25) is 0 Å². The number of benzene rings is 1. The summed E-state index contributed by atoms with van der Waals surface area (Å²) < 4.78 is 5.55. The van der Waals surface area contributed by atoms with Crippen LogP contribution in [0, 0.1) is 6.92 Å². The zero-order chi connectivity index (χ0) is 11.6. The molecule has 16 heavy (non-hydrogen) atoms. The fourth-order valence-corrected chi connectivity index (χ4v) is 1.76. The molecule has 0 bridgehead atoms. The summed E-state index contributed by atoms with van der Waals surface area (Å²) in [7, 11) is 0. The molecular weight excluding hydrogens is 206 g/mol. The lowest BCUT2D eigenvalue weighted by molar-refractivity contribution is 0.0760. The van der Waals surface area contributed by atoms with E-state index in [9.17, 15) is 10.2 Å². The van der Waals surface area contributed by atoms with Crippen LogP contribution in [0.3, 0.4) is 0 Å². The zero-order valence-electron chi connectivity index (χ0n) is 9.31. The largest absolute Gasteiger partial charge is 0.394 e. The summed E-state index contributed by atoms with van der Waals surface area (Å²) in [5, 5.41) is 21.6. The van der Waals surface area contributed by atoms with Gasteiger partial charge in [0.1, 0.15) is 6.23 Å². The molecule has 4 nitrogen and oxygen atoms in total. The Kier molecular flexibility index (Phi) is 3.25. The van der Waals surface area contributed by atoms with E-state index in [1.165, 1.54) is 5.56 Å². The molecule has 1 aliphatic heterocycles. The van der Waals surface area contributed by atoms with Crippen LogP contribution in [-0.2, 0) is 4.74 Å². The molecule has 1 heterocycles. The van der Waals surface area contributed by atoms with Crippen molar-refractivity contribution in [2.45, 2.75) is 18.7 Å². The van der Waals surface area contributed by atoms with E-state index in [1.54, 1.807) is 0 Å². The normalized spacial score (nSPS) is 23.6. The number of aliphatic hydroxyl groups is 2. The molecule has 1 unspecified atom stereocenters. The van der Waals surface area contributed by atoms with Crippen LogP contribution >= 0.6 is 0 Å². The van der Waals surface area contributed by atoms with E-state index in [4.69, 9.17) is 4.74 Å². The first kappa shape index (κ1) is 11.5. The predicted molar refractivity (Wildman–Crippen MR) is 59.9 cm³/mol. The van der Waals surface area contributed by atoms with Crippen LogP contribution in [-0.4, -0.2) is 35.6 Å². The summed E-state index contributed by atoms with van der Waals surface area (Å²) >= 11 is 0. The van der Waals surface area contributed by atoms with E-state index < -0.39 is 5.54 Å². The molecule has 2 rings (SSSR count). The third-order valence-electron chi connectivity index (χ3n) is 2.95. The maximum Gasteiger partial charge on any atom is 0.135 e. The fraction of sp³-hybridized carbons (Fsp3) is 0.500. The highest BCUT2D eigenvalue weighted by Crippen LogP contribution is 2.26. The Balaban J connectivity index is 2.11. The van der Waals surface area contributed by atoms with Gasteiger partial charge in [-0.3, -0.25) is 5.32 Å². The number of ether oxygens (including phenoxy) is 1. The second-order valence-corrected chi connectivity index (χ2v) is 4.34. The molecule has 88 valence electrons. The van der Waals surface area contributed by atoms with Gasteiger partial charge < -0.3 is 14.9 Å². The molecule has 0 radical (unpaired) electrons. The van der Waals surface area contributed by atoms with Gasteiger partial charge in [-0.1, -0.05) is 29.8 Å². The van der Waals surface area contributed by atoms with Crippen molar-refractivity contribution in [3.05, 3.63) is 35.4 Å². The van der Waals surface area contributed by atoms with Crippen LogP contribution in [0.2, 0.25) is 0 Å². The standard InChI is InChI=1S/C12H17NO3/c1-9-2-4-10(5-3-9)11-13-12(6-14,7-15)8-16-11/h2-5,11,13-15H,6-8H2,1H3. The van der Waals surface area contributed by atoms with Crippen molar-refractivity contribution in [2.24, 2.45) is 0 Å². The summed E-state index contributed by atoms with van der Waals surface area (Å²) in [5.41, 5.74) is 1.49. The minimum atomic E-state index is -0.713. The molecule has 1 aromatic carbocycles. The van der Waals surface area contributed by atoms with Crippen molar-refractivity contribution in [2.75, 3.05) is 19.8 Å². The number of hydrogen-bond donors (Lipinski definition) is 3. The second-order valence-electron chi connectivity index (χ2n) is 4.34. The molecule has 3 N–H and O–H groups in total. The fourth-order valence-electron chi connectivity index (χ4n) is 1.76. The molecule has 0 aliphatic carbocycles. The molecule has 0 aromatic heterocycles. The van der Waals surface area contributed by atoms with E-state index in [0.717, 1.165) is 5.56 Å². The molecule has 0 spiro atoms. The Morgan fingerprint density at radius 1 is 1.31 bits per heavy atom. The molecule has 1 aliphatic rings. The number of aryl methyl sites for hydroxylation is 1. The molecule has 0 saturated carbocycles. The quantitative estimate of drug-likeness (QED) is 0.691. The Labute approximate surface area is 94.9 Å². The molecular formula is C12H17NO3. The topological polar surface area (TPSA) is 61.7 Å². The van der Waals surface area contributed by atoms with E-state index in [2.05, 4.69) is 5.32 Å². The van der Waals surface area contributed by atoms with Gasteiger partial charge in [-0.2, -0.15) is 0 Å². The second kappa shape index (κ2) is 4.51. The monoisotopic (exact) mass is 223 g/mol. The lowest BCUT2D eigenvalue weighted by Crippen LogP contribution is -2.49. The van der Waals surface area contributed by atoms with Crippen LogP contribution in [0.4, 0.5) is 0 Å². The Bertz CT molecular complexity index is 346. The molecule has 4 heteroatoms. The van der Waals surface area contributed by atoms with Gasteiger partial charge in [-0.15, -0.1) is 0 Å². The number of aliphatic hydroxyl groups excluding tert-OH is 2. The molecule has 1 saturated heterocycles. The minimum Gasteiger partial charge on any atom is -0.394 e. The van der Waals surface area contributed by atoms with Crippen molar-refractivity contribution in [3.8, 4) is 0 Å². The Morgan fingerprint density at radius 2 is 1.94 bits per heavy atom. The van der Waals surface area contributed by atoms with Crippen molar-refractivity contribution >= 4 is 0 Å². The Morgan fingerprint density at radius 3 is 2.44 bits per heavy atom. The third kappa shape index (κ3) is 2.10. The summed E-state index contributed by atoms with van der Waals surface area (Å²) in [6.45, 7) is 2.08. The average Bonchev–Trinajstić information content (AvgIpc) is 2.75. The van der Waals surface area contributed by atoms with Gasteiger partial charge in [0.15, 0.2) is 0 Å². The van der Waals surface area contributed by atoms with Gasteiger partial charge in [0.05, 0.1) is 25.4 Å². The average molecular weight is 223 g/mol. The lowest BCUT2D eigenvalue weighted by atomic mass is 10.0. The molecule has 1 aromatic rings. The van der Waals surface area contributed by atoms with Gasteiger partial charge in [-0.25, -0.2) is 0 Å². The smallest absolute Gasteiger partial charge is 0.135 e. The van der Waals surface area contributed by atoms with E-state index in [1.807, 2.05) is 31.2 Å². The predicted octanol–water partition coefficient (Wildman–Crippen LogP) is 0.337. The van der Waals surface area contributed by atoms with Crippen LogP contribution in [0.25, 0.3) is 0 Å². The van der Waals surface area contributed by atoms with Gasteiger partial charge in [-0.05, 0) is 12.5 Å². The first-order valence-corrected chi connectivity index (χ1v) is 5.37. The summed E-state index contributed by atoms with van der Waals surface area (Å²) in [4.78, 5) is 0.